The Labute approximate surface area is 245 Å². The first-order chi connectivity index (χ1) is 19.8. The van der Waals surface area contributed by atoms with Gasteiger partial charge in [-0.2, -0.15) is 0 Å². The van der Waals surface area contributed by atoms with E-state index >= 15 is 0 Å². The summed E-state index contributed by atoms with van der Waals surface area (Å²) in [6.45, 7) is 7.14. The van der Waals surface area contributed by atoms with Crippen molar-refractivity contribution in [3.05, 3.63) is 42.5 Å². The van der Waals surface area contributed by atoms with E-state index in [0.717, 1.165) is 5.56 Å². The third-order valence-corrected chi connectivity index (χ3v) is 7.99. The lowest BCUT2D eigenvalue weighted by atomic mass is 10.1. The Balaban J connectivity index is 1.74. The van der Waals surface area contributed by atoms with Crippen molar-refractivity contribution in [1.29, 1.82) is 0 Å². The minimum atomic E-state index is -3.80. The highest BCUT2D eigenvalue weighted by atomic mass is 31.2. The van der Waals surface area contributed by atoms with Crippen molar-refractivity contribution in [3.8, 4) is 5.75 Å². The SMILES string of the molecule is COC(=O)[C@H](Cc1ccc(O[P@@](=O)(CO[C@H](C)Cn2cnc3c(N)ncnc32)N[C@@H](C)C(=O)OC(C)C)cc1)N(C)C. The Bertz CT molecular complexity index is 1400. The van der Waals surface area contributed by atoms with Gasteiger partial charge in [0, 0.05) is 0 Å². The minimum absolute atomic E-state index is 0.269. The number of nitrogen functional groups attached to an aromatic ring is 1. The number of methoxy groups -OCH3 is 1. The van der Waals surface area contributed by atoms with E-state index in [2.05, 4.69) is 20.0 Å². The third-order valence-electron chi connectivity index (χ3n) is 6.21. The van der Waals surface area contributed by atoms with E-state index in [4.69, 9.17) is 24.5 Å². The van der Waals surface area contributed by atoms with Crippen LogP contribution < -0.4 is 15.3 Å². The van der Waals surface area contributed by atoms with Gasteiger partial charge in [0.05, 0.1) is 32.2 Å². The molecule has 1 aromatic carbocycles. The molecular weight excluding hydrogens is 565 g/mol. The molecule has 4 atom stereocenters. The van der Waals surface area contributed by atoms with E-state index in [0.29, 0.717) is 29.9 Å². The summed E-state index contributed by atoms with van der Waals surface area (Å²) in [5.74, 6) is -0.355. The van der Waals surface area contributed by atoms with Crippen LogP contribution in [0.1, 0.15) is 33.3 Å². The van der Waals surface area contributed by atoms with Crippen LogP contribution in [-0.4, -0.2) is 88.2 Å². The molecule has 14 nitrogen and oxygen atoms in total. The lowest BCUT2D eigenvalue weighted by Crippen LogP contribution is -2.38. The normalized spacial score (nSPS) is 15.3. The number of hydrogen-bond donors (Lipinski definition) is 2. The van der Waals surface area contributed by atoms with Crippen molar-refractivity contribution in [1.82, 2.24) is 29.5 Å². The zero-order chi connectivity index (χ0) is 31.0. The molecule has 0 aliphatic heterocycles. The smallest absolute Gasteiger partial charge is 0.342 e. The van der Waals surface area contributed by atoms with Crippen molar-refractivity contribution in [3.63, 3.8) is 0 Å². The number of rotatable bonds is 15. The quantitative estimate of drug-likeness (QED) is 0.191. The summed E-state index contributed by atoms with van der Waals surface area (Å²) in [5, 5.41) is 2.79. The van der Waals surface area contributed by atoms with E-state index in [1.54, 1.807) is 81.9 Å². The fourth-order valence-corrected chi connectivity index (χ4v) is 5.84. The van der Waals surface area contributed by atoms with Crippen LogP contribution in [0.25, 0.3) is 11.2 Å². The maximum Gasteiger partial charge on any atom is 0.342 e. The standard InChI is InChI=1S/C27H40N7O7P/c1-17(2)40-26(35)19(4)32-42(37,16-39-18(3)13-34-15-31-23-24(28)29-14-30-25(23)34)41-21-10-8-20(9-11-21)12-22(33(5)6)27(36)38-7/h8-11,14-15,17-19,22H,12-13,16H2,1-7H3,(H,32,37)(H2,28,29,30)/t18-,19+,22+,42+/m1/s1. The second-order valence-corrected chi connectivity index (χ2v) is 12.4. The average Bonchev–Trinajstić information content (AvgIpc) is 3.34. The van der Waals surface area contributed by atoms with Crippen LogP contribution in [0.4, 0.5) is 5.82 Å². The second-order valence-electron chi connectivity index (χ2n) is 10.4. The molecule has 0 unspecified atom stereocenters. The van der Waals surface area contributed by atoms with Gasteiger partial charge in [0.2, 0.25) is 0 Å². The molecule has 3 N–H and O–H groups in total. The molecule has 0 radical (unpaired) electrons. The molecule has 2 aromatic heterocycles. The summed E-state index contributed by atoms with van der Waals surface area (Å²) < 4.78 is 37.8. The second kappa shape index (κ2) is 14.5. The molecule has 42 heavy (non-hydrogen) atoms. The highest BCUT2D eigenvalue weighted by Crippen LogP contribution is 2.44. The first-order valence-electron chi connectivity index (χ1n) is 13.4. The zero-order valence-electron chi connectivity index (χ0n) is 25.0. The molecule has 15 heteroatoms. The first-order valence-corrected chi connectivity index (χ1v) is 15.3. The van der Waals surface area contributed by atoms with Gasteiger partial charge in [-0.1, -0.05) is 12.1 Å². The molecule has 0 saturated carbocycles. The lowest BCUT2D eigenvalue weighted by molar-refractivity contribution is -0.149. The van der Waals surface area contributed by atoms with Crippen molar-refractivity contribution in [2.45, 2.75) is 65.0 Å². The number of hydrogen-bond acceptors (Lipinski definition) is 12. The topological polar surface area (TPSA) is 173 Å². The number of esters is 2. The molecule has 0 spiro atoms. The number of ether oxygens (including phenoxy) is 3. The van der Waals surface area contributed by atoms with Gasteiger partial charge < -0.3 is 29.0 Å². The Hall–Kier alpha value is -3.58. The molecule has 0 fully saturated rings. The molecule has 0 bridgehead atoms. The van der Waals surface area contributed by atoms with Crippen LogP contribution >= 0.6 is 7.52 Å². The maximum absolute atomic E-state index is 14.0. The van der Waals surface area contributed by atoms with Gasteiger partial charge in [0.1, 0.15) is 36.0 Å². The van der Waals surface area contributed by atoms with Gasteiger partial charge >= 0.3 is 19.5 Å². The fraction of sp³-hybridized carbons (Fsp3) is 0.519. The van der Waals surface area contributed by atoms with Crippen LogP contribution in [0.15, 0.2) is 36.9 Å². The number of carbonyl (C=O) groups is 2. The summed E-state index contributed by atoms with van der Waals surface area (Å²) in [4.78, 5) is 38.8. The van der Waals surface area contributed by atoms with E-state index < -0.39 is 31.7 Å². The summed E-state index contributed by atoms with van der Waals surface area (Å²) in [6, 6.07) is 5.45. The van der Waals surface area contributed by atoms with E-state index in [9.17, 15) is 14.2 Å². The summed E-state index contributed by atoms with van der Waals surface area (Å²) >= 11 is 0. The van der Waals surface area contributed by atoms with E-state index in [1.807, 2.05) is 0 Å². The zero-order valence-corrected chi connectivity index (χ0v) is 25.9. The molecule has 3 aromatic rings. The molecule has 230 valence electrons. The van der Waals surface area contributed by atoms with Crippen LogP contribution in [0.3, 0.4) is 0 Å². The van der Waals surface area contributed by atoms with Crippen molar-refractivity contribution in [2.24, 2.45) is 0 Å². The summed E-state index contributed by atoms with van der Waals surface area (Å²) in [7, 11) is 1.15. The monoisotopic (exact) mass is 605 g/mol. The Morgan fingerprint density at radius 1 is 1.07 bits per heavy atom. The number of aromatic nitrogens is 4. The van der Waals surface area contributed by atoms with E-state index in [1.165, 1.54) is 13.4 Å². The molecule has 0 saturated heterocycles. The van der Waals surface area contributed by atoms with Gasteiger partial charge in [-0.15, -0.1) is 0 Å². The molecule has 0 aliphatic carbocycles. The number of likely N-dealkylation sites (N-methyl/N-ethyl adjacent to an activating group) is 1. The van der Waals surface area contributed by atoms with Gasteiger partial charge in [-0.05, 0) is 65.9 Å². The average molecular weight is 606 g/mol. The number of carbonyl (C=O) groups excluding carboxylic acids is 2. The first kappa shape index (κ1) is 32.9. The van der Waals surface area contributed by atoms with Crippen LogP contribution in [0.2, 0.25) is 0 Å². The number of benzene rings is 1. The summed E-state index contributed by atoms with van der Waals surface area (Å²) in [5.41, 5.74) is 7.75. The van der Waals surface area contributed by atoms with Gasteiger partial charge in [-0.25, -0.2) is 20.0 Å². The third kappa shape index (κ3) is 8.96. The van der Waals surface area contributed by atoms with E-state index in [-0.39, 0.29) is 24.2 Å². The molecule has 3 rings (SSSR count). The van der Waals surface area contributed by atoms with Gasteiger partial charge in [0.15, 0.2) is 11.5 Å². The predicted octanol–water partition coefficient (Wildman–Crippen LogP) is 2.62. The minimum Gasteiger partial charge on any atom is -0.468 e. The maximum atomic E-state index is 14.0. The van der Waals surface area contributed by atoms with Crippen molar-refractivity contribution in [2.75, 3.05) is 33.3 Å². The molecule has 0 aliphatic rings. The summed E-state index contributed by atoms with van der Waals surface area (Å²) in [6.07, 6.45) is 2.21. The largest absolute Gasteiger partial charge is 0.468 e. The molecule has 2 heterocycles. The number of nitrogens with zero attached hydrogens (tertiary/aromatic N) is 5. The van der Waals surface area contributed by atoms with Crippen molar-refractivity contribution >= 4 is 36.4 Å². The highest BCUT2D eigenvalue weighted by molar-refractivity contribution is 7.57. The number of nitrogens with two attached hydrogens (primary N) is 1. The van der Waals surface area contributed by atoms with Gasteiger partial charge in [-0.3, -0.25) is 19.1 Å². The lowest BCUT2D eigenvalue weighted by Gasteiger charge is -2.25. The highest BCUT2D eigenvalue weighted by Gasteiger charge is 2.32. The van der Waals surface area contributed by atoms with Crippen LogP contribution in [0, 0.1) is 0 Å². The molecular formula is C27H40N7O7P. The van der Waals surface area contributed by atoms with Crippen molar-refractivity contribution < 1.29 is 32.9 Å². The number of anilines is 1. The number of imidazole rings is 1. The Kier molecular flexibility index (Phi) is 11.4. The Morgan fingerprint density at radius 2 is 1.76 bits per heavy atom. The number of nitrogens with one attached hydrogen (secondary N) is 1. The predicted molar refractivity (Wildman–Crippen MR) is 157 cm³/mol. The fourth-order valence-electron chi connectivity index (χ4n) is 4.05. The van der Waals surface area contributed by atoms with Gasteiger partial charge in [0.25, 0.3) is 0 Å². The van der Waals surface area contributed by atoms with Crippen LogP contribution in [0.5, 0.6) is 5.75 Å². The van der Waals surface area contributed by atoms with Crippen LogP contribution in [-0.2, 0) is 41.3 Å². The molecule has 0 amide bonds. The Morgan fingerprint density at radius 3 is 2.38 bits per heavy atom. The number of fused-ring (bicyclic) bond motifs is 1.